The molecular weight excluding hydrogens is 276 g/mol. The van der Waals surface area contributed by atoms with Crippen molar-refractivity contribution < 1.29 is 19.0 Å². The molecule has 0 radical (unpaired) electrons. The molecule has 0 atom stereocenters. The highest BCUT2D eigenvalue weighted by atomic mass is 79.9. The molecule has 0 fully saturated rings. The maximum absolute atomic E-state index is 10.2. The Labute approximate surface area is 103 Å². The molecule has 0 N–H and O–H groups in total. The molecule has 1 aromatic rings. The fourth-order valence-electron chi connectivity index (χ4n) is 1.20. The summed E-state index contributed by atoms with van der Waals surface area (Å²) < 4.78 is 16.6. The molecule has 0 amide bonds. The van der Waals surface area contributed by atoms with Crippen LogP contribution in [0.4, 0.5) is 0 Å². The van der Waals surface area contributed by atoms with Gasteiger partial charge in [0, 0.05) is 10.9 Å². The van der Waals surface area contributed by atoms with E-state index in [-0.39, 0.29) is 0 Å². The Hall–Kier alpha value is -1.23. The van der Waals surface area contributed by atoms with Crippen LogP contribution in [0.5, 0.6) is 17.2 Å². The Bertz CT molecular complexity index is 340. The van der Waals surface area contributed by atoms with Crippen molar-refractivity contribution in [3.05, 3.63) is 16.6 Å². The van der Waals surface area contributed by atoms with Crippen molar-refractivity contribution >= 4 is 22.2 Å². The second-order valence-corrected chi connectivity index (χ2v) is 3.86. The first-order valence-corrected chi connectivity index (χ1v) is 5.50. The summed E-state index contributed by atoms with van der Waals surface area (Å²) in [5, 5.41) is 0. The van der Waals surface area contributed by atoms with Gasteiger partial charge in [-0.3, -0.25) is 0 Å². The van der Waals surface area contributed by atoms with E-state index in [1.165, 1.54) is 0 Å². The summed E-state index contributed by atoms with van der Waals surface area (Å²) in [4.78, 5) is 10.2. The van der Waals surface area contributed by atoms with Gasteiger partial charge in [0.2, 0.25) is 5.75 Å². The third-order valence-electron chi connectivity index (χ3n) is 1.91. The quantitative estimate of drug-likeness (QED) is 0.596. The number of hydrogen-bond acceptors (Lipinski definition) is 4. The van der Waals surface area contributed by atoms with Gasteiger partial charge in [0.05, 0.1) is 20.8 Å². The van der Waals surface area contributed by atoms with Crippen LogP contribution in [-0.4, -0.2) is 27.1 Å². The van der Waals surface area contributed by atoms with Crippen LogP contribution in [0.2, 0.25) is 0 Å². The minimum atomic E-state index is 0.303. The third-order valence-corrected chi connectivity index (χ3v) is 2.37. The molecule has 0 aliphatic heterocycles. The first kappa shape index (κ1) is 12.8. The number of halogens is 1. The number of hydrogen-bond donors (Lipinski definition) is 0. The van der Waals surface area contributed by atoms with Crippen molar-refractivity contribution in [2.75, 3.05) is 20.8 Å². The van der Waals surface area contributed by atoms with E-state index in [1.54, 1.807) is 26.4 Å². The van der Waals surface area contributed by atoms with Crippen molar-refractivity contribution in [1.29, 1.82) is 0 Å². The molecule has 0 heterocycles. The molecule has 0 aromatic heterocycles. The van der Waals surface area contributed by atoms with Crippen molar-refractivity contribution in [1.82, 2.24) is 0 Å². The molecule has 1 aromatic carbocycles. The van der Waals surface area contributed by atoms with Gasteiger partial charge in [-0.1, -0.05) is 15.9 Å². The number of carbonyl (C=O) groups is 1. The lowest BCUT2D eigenvalue weighted by Crippen LogP contribution is -2.01. The van der Waals surface area contributed by atoms with Crippen LogP contribution < -0.4 is 14.2 Å². The standard InChI is InChI=1S/C11H13BrO4/c1-14-9-6-8(12)7-10(15-2)11(9)16-5-3-4-13/h4,6-7H,3,5H2,1-2H3. The number of rotatable bonds is 6. The number of methoxy groups -OCH3 is 2. The van der Waals surface area contributed by atoms with E-state index in [4.69, 9.17) is 14.2 Å². The van der Waals surface area contributed by atoms with E-state index in [0.717, 1.165) is 10.8 Å². The van der Waals surface area contributed by atoms with Gasteiger partial charge in [0.1, 0.15) is 6.29 Å². The van der Waals surface area contributed by atoms with Gasteiger partial charge in [0.15, 0.2) is 11.5 Å². The van der Waals surface area contributed by atoms with E-state index in [0.29, 0.717) is 30.3 Å². The van der Waals surface area contributed by atoms with Crippen LogP contribution in [-0.2, 0) is 4.79 Å². The number of aldehydes is 1. The Morgan fingerprint density at radius 2 is 1.81 bits per heavy atom. The molecule has 4 nitrogen and oxygen atoms in total. The van der Waals surface area contributed by atoms with Crippen LogP contribution in [0.3, 0.4) is 0 Å². The zero-order valence-electron chi connectivity index (χ0n) is 9.16. The summed E-state index contributed by atoms with van der Waals surface area (Å²) in [6, 6.07) is 3.55. The molecule has 0 spiro atoms. The van der Waals surface area contributed by atoms with Gasteiger partial charge in [-0.25, -0.2) is 0 Å². The minimum absolute atomic E-state index is 0.303. The van der Waals surface area contributed by atoms with Crippen LogP contribution in [0.1, 0.15) is 6.42 Å². The molecule has 0 aliphatic rings. The van der Waals surface area contributed by atoms with Crippen molar-refractivity contribution in [3.8, 4) is 17.2 Å². The zero-order valence-corrected chi connectivity index (χ0v) is 10.7. The SMILES string of the molecule is COc1cc(Br)cc(OC)c1OCCC=O. The van der Waals surface area contributed by atoms with Crippen LogP contribution in [0, 0.1) is 0 Å². The summed E-state index contributed by atoms with van der Waals surface area (Å²) in [7, 11) is 3.10. The number of benzene rings is 1. The first-order chi connectivity index (χ1) is 7.72. The molecule has 16 heavy (non-hydrogen) atoms. The van der Waals surface area contributed by atoms with Gasteiger partial charge in [-0.2, -0.15) is 0 Å². The molecule has 5 heteroatoms. The highest BCUT2D eigenvalue weighted by molar-refractivity contribution is 9.10. The predicted molar refractivity (Wildman–Crippen MR) is 63.4 cm³/mol. The van der Waals surface area contributed by atoms with Crippen molar-refractivity contribution in [2.24, 2.45) is 0 Å². The first-order valence-electron chi connectivity index (χ1n) is 4.71. The molecule has 0 bridgehead atoms. The van der Waals surface area contributed by atoms with Gasteiger partial charge in [-0.05, 0) is 12.1 Å². The number of carbonyl (C=O) groups excluding carboxylic acids is 1. The van der Waals surface area contributed by atoms with Crippen LogP contribution in [0.15, 0.2) is 16.6 Å². The van der Waals surface area contributed by atoms with Crippen molar-refractivity contribution in [2.45, 2.75) is 6.42 Å². The van der Waals surface area contributed by atoms with Gasteiger partial charge in [0.25, 0.3) is 0 Å². The molecular formula is C11H13BrO4. The topological polar surface area (TPSA) is 44.8 Å². The molecule has 0 unspecified atom stereocenters. The van der Waals surface area contributed by atoms with E-state index in [1.807, 2.05) is 0 Å². The van der Waals surface area contributed by atoms with E-state index >= 15 is 0 Å². The molecule has 88 valence electrons. The predicted octanol–water partition coefficient (Wildman–Crippen LogP) is 2.43. The number of ether oxygens (including phenoxy) is 3. The third kappa shape index (κ3) is 3.13. The van der Waals surface area contributed by atoms with Gasteiger partial charge < -0.3 is 19.0 Å². The molecule has 0 saturated heterocycles. The van der Waals surface area contributed by atoms with Crippen molar-refractivity contribution in [3.63, 3.8) is 0 Å². The molecule has 0 aliphatic carbocycles. The van der Waals surface area contributed by atoms with E-state index in [9.17, 15) is 4.79 Å². The summed E-state index contributed by atoms with van der Waals surface area (Å²) in [6.07, 6.45) is 1.14. The Morgan fingerprint density at radius 1 is 1.25 bits per heavy atom. The Balaban J connectivity index is 2.97. The van der Waals surface area contributed by atoms with E-state index < -0.39 is 0 Å². The monoisotopic (exact) mass is 288 g/mol. The highest BCUT2D eigenvalue weighted by Gasteiger charge is 2.13. The second kappa shape index (κ2) is 6.37. The summed E-state index contributed by atoms with van der Waals surface area (Å²) in [5.41, 5.74) is 0. The lowest BCUT2D eigenvalue weighted by molar-refractivity contribution is -0.108. The molecule has 0 saturated carbocycles. The lowest BCUT2D eigenvalue weighted by Gasteiger charge is -2.14. The second-order valence-electron chi connectivity index (χ2n) is 2.94. The fourth-order valence-corrected chi connectivity index (χ4v) is 1.62. The average molecular weight is 289 g/mol. The highest BCUT2D eigenvalue weighted by Crippen LogP contribution is 2.40. The average Bonchev–Trinajstić information content (AvgIpc) is 2.30. The maximum atomic E-state index is 10.2. The Kier molecular flexibility index (Phi) is 5.11. The van der Waals surface area contributed by atoms with Gasteiger partial charge in [-0.15, -0.1) is 0 Å². The summed E-state index contributed by atoms with van der Waals surface area (Å²) >= 11 is 3.34. The maximum Gasteiger partial charge on any atom is 0.203 e. The summed E-state index contributed by atoms with van der Waals surface area (Å²) in [5.74, 6) is 1.64. The zero-order chi connectivity index (χ0) is 12.0. The Morgan fingerprint density at radius 3 is 2.25 bits per heavy atom. The molecule has 1 rings (SSSR count). The normalized spacial score (nSPS) is 9.69. The lowest BCUT2D eigenvalue weighted by atomic mass is 10.3. The minimum Gasteiger partial charge on any atom is -0.493 e. The van der Waals surface area contributed by atoms with E-state index in [2.05, 4.69) is 15.9 Å². The largest absolute Gasteiger partial charge is 0.493 e. The fraction of sp³-hybridized carbons (Fsp3) is 0.364. The smallest absolute Gasteiger partial charge is 0.203 e. The van der Waals surface area contributed by atoms with Crippen LogP contribution in [0.25, 0.3) is 0 Å². The summed E-state index contributed by atoms with van der Waals surface area (Å²) in [6.45, 7) is 0.303. The van der Waals surface area contributed by atoms with Crippen LogP contribution >= 0.6 is 15.9 Å². The van der Waals surface area contributed by atoms with Gasteiger partial charge >= 0.3 is 0 Å².